The summed E-state index contributed by atoms with van der Waals surface area (Å²) in [6.07, 6.45) is 4.30. The molecule has 0 saturated carbocycles. The Kier molecular flexibility index (Phi) is 6.35. The van der Waals surface area contributed by atoms with Gasteiger partial charge in [-0.05, 0) is 37.2 Å². The average Bonchev–Trinajstić information content (AvgIpc) is 2.68. The van der Waals surface area contributed by atoms with Crippen LogP contribution in [0.15, 0.2) is 36.7 Å². The van der Waals surface area contributed by atoms with E-state index in [4.69, 9.17) is 11.6 Å². The molecule has 8 heteroatoms. The predicted molar refractivity (Wildman–Crippen MR) is 99.0 cm³/mol. The number of nitrogens with one attached hydrogen (secondary N) is 1. The first kappa shape index (κ1) is 18.5. The van der Waals surface area contributed by atoms with Gasteiger partial charge in [-0.3, -0.25) is 9.69 Å². The normalized spacial score (nSPS) is 15.1. The highest BCUT2D eigenvalue weighted by Crippen LogP contribution is 2.14. The molecule has 0 unspecified atom stereocenters. The molecule has 2 aromatic rings. The van der Waals surface area contributed by atoms with E-state index < -0.39 is 11.7 Å². The Bertz CT molecular complexity index is 738. The SMILES string of the molecule is O=C(NCCCN1CCN(c2ncccn2)CC1)c1cc(Cl)ccc1F. The second kappa shape index (κ2) is 8.91. The lowest BCUT2D eigenvalue weighted by Gasteiger charge is -2.34. The standard InChI is InChI=1S/C18H21ClFN5O/c19-14-3-4-16(20)15(13-14)17(26)21-7-2-8-24-9-11-25(12-10-24)18-22-5-1-6-23-18/h1,3-6,13H,2,7-12H2,(H,21,26). The highest BCUT2D eigenvalue weighted by molar-refractivity contribution is 6.31. The number of benzene rings is 1. The van der Waals surface area contributed by atoms with Gasteiger partial charge in [-0.25, -0.2) is 14.4 Å². The summed E-state index contributed by atoms with van der Waals surface area (Å²) < 4.78 is 13.7. The number of nitrogens with zero attached hydrogens (tertiary/aromatic N) is 4. The van der Waals surface area contributed by atoms with Crippen molar-refractivity contribution in [1.82, 2.24) is 20.2 Å². The molecule has 1 fully saturated rings. The Labute approximate surface area is 157 Å². The maximum absolute atomic E-state index is 13.7. The van der Waals surface area contributed by atoms with Crippen LogP contribution in [0.25, 0.3) is 0 Å². The summed E-state index contributed by atoms with van der Waals surface area (Å²) >= 11 is 5.81. The van der Waals surface area contributed by atoms with Gasteiger partial charge in [-0.2, -0.15) is 0 Å². The van der Waals surface area contributed by atoms with E-state index in [-0.39, 0.29) is 5.56 Å². The molecule has 1 N–H and O–H groups in total. The molecule has 2 heterocycles. The van der Waals surface area contributed by atoms with E-state index in [1.165, 1.54) is 18.2 Å². The van der Waals surface area contributed by atoms with Gasteiger partial charge in [0.15, 0.2) is 0 Å². The van der Waals surface area contributed by atoms with Crippen LogP contribution in [-0.2, 0) is 0 Å². The van der Waals surface area contributed by atoms with Crippen LogP contribution in [0.5, 0.6) is 0 Å². The minimum atomic E-state index is -0.564. The molecule has 0 radical (unpaired) electrons. The number of hydrogen-bond acceptors (Lipinski definition) is 5. The van der Waals surface area contributed by atoms with Crippen molar-refractivity contribution < 1.29 is 9.18 Å². The minimum absolute atomic E-state index is 0.0195. The number of anilines is 1. The molecule has 26 heavy (non-hydrogen) atoms. The zero-order valence-electron chi connectivity index (χ0n) is 14.4. The van der Waals surface area contributed by atoms with E-state index >= 15 is 0 Å². The number of carbonyl (C=O) groups is 1. The fourth-order valence-corrected chi connectivity index (χ4v) is 3.07. The zero-order valence-corrected chi connectivity index (χ0v) is 15.1. The molecule has 1 aliphatic heterocycles. The molecule has 0 atom stereocenters. The summed E-state index contributed by atoms with van der Waals surface area (Å²) in [4.78, 5) is 25.1. The van der Waals surface area contributed by atoms with Gasteiger partial charge in [0.25, 0.3) is 5.91 Å². The molecule has 3 rings (SSSR count). The van der Waals surface area contributed by atoms with Crippen LogP contribution in [0.1, 0.15) is 16.8 Å². The first-order valence-corrected chi connectivity index (χ1v) is 8.99. The van der Waals surface area contributed by atoms with E-state index in [0.717, 1.165) is 45.1 Å². The second-order valence-electron chi connectivity index (χ2n) is 6.11. The number of aromatic nitrogens is 2. The minimum Gasteiger partial charge on any atom is -0.352 e. The van der Waals surface area contributed by atoms with Gasteiger partial charge in [0.1, 0.15) is 5.82 Å². The van der Waals surface area contributed by atoms with Crippen LogP contribution in [0.3, 0.4) is 0 Å². The first-order chi connectivity index (χ1) is 12.6. The van der Waals surface area contributed by atoms with Gasteiger partial charge in [0.05, 0.1) is 5.56 Å². The van der Waals surface area contributed by atoms with Crippen molar-refractivity contribution in [2.45, 2.75) is 6.42 Å². The Morgan fingerprint density at radius 3 is 2.65 bits per heavy atom. The van der Waals surface area contributed by atoms with Crippen molar-refractivity contribution in [1.29, 1.82) is 0 Å². The lowest BCUT2D eigenvalue weighted by atomic mass is 10.2. The number of amides is 1. The van der Waals surface area contributed by atoms with E-state index in [1.807, 2.05) is 6.07 Å². The van der Waals surface area contributed by atoms with E-state index in [1.54, 1.807) is 12.4 Å². The summed E-state index contributed by atoms with van der Waals surface area (Å²) in [6, 6.07) is 5.78. The monoisotopic (exact) mass is 377 g/mol. The fourth-order valence-electron chi connectivity index (χ4n) is 2.90. The third-order valence-electron chi connectivity index (χ3n) is 4.32. The van der Waals surface area contributed by atoms with Gasteiger partial charge in [0, 0.05) is 50.1 Å². The topological polar surface area (TPSA) is 61.4 Å². The number of rotatable bonds is 6. The second-order valence-corrected chi connectivity index (χ2v) is 6.55. The third kappa shape index (κ3) is 4.89. The third-order valence-corrected chi connectivity index (χ3v) is 4.55. The van der Waals surface area contributed by atoms with Crippen molar-refractivity contribution in [3.8, 4) is 0 Å². The molecule has 0 spiro atoms. The molecular weight excluding hydrogens is 357 g/mol. The quantitative estimate of drug-likeness (QED) is 0.782. The molecule has 138 valence electrons. The summed E-state index contributed by atoms with van der Waals surface area (Å²) in [7, 11) is 0. The molecule has 1 saturated heterocycles. The molecular formula is C18H21ClFN5O. The van der Waals surface area contributed by atoms with Crippen LogP contribution < -0.4 is 10.2 Å². The van der Waals surface area contributed by atoms with Crippen LogP contribution in [0.4, 0.5) is 10.3 Å². The summed E-state index contributed by atoms with van der Waals surface area (Å²) in [5.41, 5.74) is -0.0195. The maximum Gasteiger partial charge on any atom is 0.254 e. The highest BCUT2D eigenvalue weighted by atomic mass is 35.5. The lowest BCUT2D eigenvalue weighted by Crippen LogP contribution is -2.47. The lowest BCUT2D eigenvalue weighted by molar-refractivity contribution is 0.0947. The number of carbonyl (C=O) groups excluding carboxylic acids is 1. The van der Waals surface area contributed by atoms with Crippen molar-refractivity contribution >= 4 is 23.5 Å². The van der Waals surface area contributed by atoms with Gasteiger partial charge in [0.2, 0.25) is 5.95 Å². The van der Waals surface area contributed by atoms with Crippen LogP contribution in [0, 0.1) is 5.82 Å². The van der Waals surface area contributed by atoms with Crippen molar-refractivity contribution in [3.63, 3.8) is 0 Å². The van der Waals surface area contributed by atoms with Crippen molar-refractivity contribution in [3.05, 3.63) is 53.1 Å². The molecule has 6 nitrogen and oxygen atoms in total. The summed E-state index contributed by atoms with van der Waals surface area (Å²) in [6.45, 7) is 4.98. The number of piperazine rings is 1. The Hall–Kier alpha value is -2.25. The fraction of sp³-hybridized carbons (Fsp3) is 0.389. The molecule has 1 aliphatic rings. The largest absolute Gasteiger partial charge is 0.352 e. The molecule has 0 aliphatic carbocycles. The van der Waals surface area contributed by atoms with Crippen molar-refractivity contribution in [2.24, 2.45) is 0 Å². The van der Waals surface area contributed by atoms with Gasteiger partial charge >= 0.3 is 0 Å². The van der Waals surface area contributed by atoms with Crippen LogP contribution in [0.2, 0.25) is 5.02 Å². The predicted octanol–water partition coefficient (Wildman–Crippen LogP) is 2.21. The Morgan fingerprint density at radius 2 is 1.92 bits per heavy atom. The maximum atomic E-state index is 13.7. The molecule has 1 aromatic carbocycles. The molecule has 1 aromatic heterocycles. The van der Waals surface area contributed by atoms with E-state index in [9.17, 15) is 9.18 Å². The zero-order chi connectivity index (χ0) is 18.4. The van der Waals surface area contributed by atoms with Crippen molar-refractivity contribution in [2.75, 3.05) is 44.2 Å². The smallest absolute Gasteiger partial charge is 0.254 e. The first-order valence-electron chi connectivity index (χ1n) is 8.61. The van der Waals surface area contributed by atoms with Crippen LogP contribution >= 0.6 is 11.6 Å². The Morgan fingerprint density at radius 1 is 1.19 bits per heavy atom. The summed E-state index contributed by atoms with van der Waals surface area (Å²) in [5.74, 6) is -0.231. The van der Waals surface area contributed by atoms with E-state index in [2.05, 4.69) is 25.1 Å². The molecule has 1 amide bonds. The number of halogens is 2. The summed E-state index contributed by atoms with van der Waals surface area (Å²) in [5, 5.41) is 3.09. The van der Waals surface area contributed by atoms with Gasteiger partial charge < -0.3 is 10.2 Å². The van der Waals surface area contributed by atoms with Crippen LogP contribution in [-0.4, -0.2) is 60.0 Å². The number of hydrogen-bond donors (Lipinski definition) is 1. The van der Waals surface area contributed by atoms with E-state index in [0.29, 0.717) is 11.6 Å². The highest BCUT2D eigenvalue weighted by Gasteiger charge is 2.18. The van der Waals surface area contributed by atoms with Gasteiger partial charge in [-0.15, -0.1) is 0 Å². The average molecular weight is 378 g/mol. The van der Waals surface area contributed by atoms with Gasteiger partial charge in [-0.1, -0.05) is 11.6 Å². The Balaban J connectivity index is 1.37. The molecule has 0 bridgehead atoms.